The van der Waals surface area contributed by atoms with Gasteiger partial charge in [-0.15, -0.1) is 0 Å². The van der Waals surface area contributed by atoms with Crippen molar-refractivity contribution in [2.24, 2.45) is 0 Å². The summed E-state index contributed by atoms with van der Waals surface area (Å²) < 4.78 is 0. The minimum absolute atomic E-state index is 1.22. The SMILES string of the molecule is c1ccc([SiH2][Si](c2ccccc2)(c2ccccc2)[Si](c2ccccc2)(c2ccccc2)[Si](c2ccccc2)(c2ccccc2)[Si](c2ccccc2)(c2ccccc2)c2ccccc2)cc1. The Hall–Kier alpha value is -6.72. The molecule has 0 atom stereocenters. The molecule has 10 aromatic rings. The van der Waals surface area contributed by atoms with E-state index in [1.807, 2.05) is 0 Å². The van der Waals surface area contributed by atoms with Gasteiger partial charge in [-0.1, -0.05) is 355 Å². The zero-order valence-electron chi connectivity index (χ0n) is 36.6. The van der Waals surface area contributed by atoms with Crippen molar-refractivity contribution in [2.45, 2.75) is 0 Å². The Bertz CT molecular complexity index is 2800. The van der Waals surface area contributed by atoms with E-state index in [9.17, 15) is 0 Å². The second-order valence-electron chi connectivity index (χ2n) is 17.1. The Morgan fingerprint density at radius 3 is 0.646 bits per heavy atom. The number of hydrogen-bond donors (Lipinski definition) is 0. The van der Waals surface area contributed by atoms with Crippen molar-refractivity contribution >= 4 is 89.8 Å². The summed E-state index contributed by atoms with van der Waals surface area (Å²) in [6, 6.07) is 120. The van der Waals surface area contributed by atoms with Crippen molar-refractivity contribution in [3.05, 3.63) is 303 Å². The molecule has 0 bridgehead atoms. The average molecular weight is 914 g/mol. The molecule has 0 amide bonds. The van der Waals surface area contributed by atoms with Crippen molar-refractivity contribution in [1.82, 2.24) is 0 Å². The fourth-order valence-corrected chi connectivity index (χ4v) is 118. The first-order valence-electron chi connectivity index (χ1n) is 22.8. The van der Waals surface area contributed by atoms with E-state index in [-0.39, 0.29) is 0 Å². The molecule has 10 aromatic carbocycles. The van der Waals surface area contributed by atoms with Crippen LogP contribution in [0.15, 0.2) is 303 Å². The Kier molecular flexibility index (Phi) is 12.2. The van der Waals surface area contributed by atoms with E-state index < -0.39 is 38.0 Å². The lowest BCUT2D eigenvalue weighted by atomic mass is 10.3. The molecule has 0 saturated carbocycles. The van der Waals surface area contributed by atoms with Gasteiger partial charge in [-0.2, -0.15) is 0 Å². The number of benzene rings is 10. The first kappa shape index (κ1) is 42.2. The van der Waals surface area contributed by atoms with Crippen molar-refractivity contribution in [1.29, 1.82) is 0 Å². The Balaban J connectivity index is 1.64. The first-order valence-corrected chi connectivity index (χ1v) is 36.8. The van der Waals surface area contributed by atoms with Gasteiger partial charge in [0.15, 0.2) is 0 Å². The zero-order valence-corrected chi connectivity index (χ0v) is 42.0. The third-order valence-electron chi connectivity index (χ3n) is 14.1. The topological polar surface area (TPSA) is 0 Å². The van der Waals surface area contributed by atoms with Crippen molar-refractivity contribution in [3.63, 3.8) is 0 Å². The molecule has 0 spiro atoms. The highest BCUT2D eigenvalue weighted by Gasteiger charge is 2.78. The minimum atomic E-state index is -3.59. The van der Waals surface area contributed by atoms with Crippen LogP contribution >= 0.6 is 0 Å². The summed E-state index contributed by atoms with van der Waals surface area (Å²) in [4.78, 5) is 0. The summed E-state index contributed by atoms with van der Waals surface area (Å²) in [5.41, 5.74) is 0. The van der Waals surface area contributed by atoms with Crippen LogP contribution in [0.3, 0.4) is 0 Å². The molecule has 0 radical (unpaired) electrons. The zero-order chi connectivity index (χ0) is 43.8. The molecule has 0 nitrogen and oxygen atoms in total. The van der Waals surface area contributed by atoms with E-state index in [1.54, 1.807) is 10.4 Å². The van der Waals surface area contributed by atoms with Gasteiger partial charge in [-0.3, -0.25) is 0 Å². The summed E-state index contributed by atoms with van der Waals surface area (Å²) in [5, 5.41) is 15.1. The predicted molar refractivity (Wildman–Crippen MR) is 292 cm³/mol. The predicted octanol–water partition coefficient (Wildman–Crippen LogP) is 6.17. The number of hydrogen-bond acceptors (Lipinski definition) is 0. The van der Waals surface area contributed by atoms with E-state index in [0.29, 0.717) is 0 Å². The normalized spacial score (nSPS) is 12.2. The van der Waals surface area contributed by atoms with E-state index in [2.05, 4.69) is 303 Å². The maximum absolute atomic E-state index is 3.59. The standard InChI is InChI=1S/C60H52Si5/c1-11-31-51(32-12-1)61-63(55-39-19-5-20-40-55,56-41-21-6-22-42-56)65(59-47-27-9-28-48-59,60-49-29-10-30-50-60)64(57-43-23-7-24-44-57,58-45-25-8-26-46-58)62(52-33-13-2-14-34-52,53-35-15-3-16-36-53)54-37-17-4-18-38-54/h1-50H,61H2. The third-order valence-corrected chi connectivity index (χ3v) is 82.9. The quantitative estimate of drug-likeness (QED) is 0.0906. The van der Waals surface area contributed by atoms with Crippen molar-refractivity contribution in [3.8, 4) is 0 Å². The molecule has 5 heteroatoms. The van der Waals surface area contributed by atoms with Gasteiger partial charge in [0.2, 0.25) is 0 Å². The largest absolute Gasteiger partial charge is 0.147 e. The molecule has 0 unspecified atom stereocenters. The molecule has 0 aliphatic carbocycles. The molecule has 0 heterocycles. The summed E-state index contributed by atoms with van der Waals surface area (Å²) in [7, 11) is -15.0. The second-order valence-corrected chi connectivity index (χ2v) is 53.0. The van der Waals surface area contributed by atoms with E-state index in [0.717, 1.165) is 0 Å². The Morgan fingerprint density at radius 2 is 0.385 bits per heavy atom. The maximum Gasteiger partial charge on any atom is 0.147 e. The van der Waals surface area contributed by atoms with Crippen LogP contribution in [-0.4, -0.2) is 38.0 Å². The Morgan fingerprint density at radius 1 is 0.185 bits per heavy atom. The van der Waals surface area contributed by atoms with Crippen LogP contribution in [-0.2, 0) is 0 Å². The molecule has 0 aliphatic heterocycles. The van der Waals surface area contributed by atoms with E-state index >= 15 is 0 Å². The van der Waals surface area contributed by atoms with Gasteiger partial charge in [-0.05, 0) is 0 Å². The molecule has 0 fully saturated rings. The van der Waals surface area contributed by atoms with Crippen LogP contribution in [0.2, 0.25) is 0 Å². The highest BCUT2D eigenvalue weighted by molar-refractivity contribution is 8.05. The van der Waals surface area contributed by atoms with Crippen LogP contribution < -0.4 is 51.9 Å². The van der Waals surface area contributed by atoms with Gasteiger partial charge in [0.25, 0.3) is 0 Å². The molecule has 312 valence electrons. The van der Waals surface area contributed by atoms with Gasteiger partial charge in [0, 0.05) is 0 Å². The van der Waals surface area contributed by atoms with Crippen LogP contribution in [0.25, 0.3) is 0 Å². The Labute approximate surface area is 390 Å². The fraction of sp³-hybridized carbons (Fsp3) is 0. The molecule has 0 aromatic heterocycles. The molecule has 10 rings (SSSR count). The molecular weight excluding hydrogens is 861 g/mol. The lowest BCUT2D eigenvalue weighted by molar-refractivity contribution is 1.67. The molecule has 65 heavy (non-hydrogen) atoms. The lowest BCUT2D eigenvalue weighted by Gasteiger charge is -2.64. The third kappa shape index (κ3) is 6.90. The molecular formula is C60H52Si5. The van der Waals surface area contributed by atoms with Gasteiger partial charge in [0.1, 0.15) is 28.9 Å². The highest BCUT2D eigenvalue weighted by Crippen LogP contribution is 2.36. The highest BCUT2D eigenvalue weighted by atomic mass is 29.9. The van der Waals surface area contributed by atoms with Crippen LogP contribution in [0.5, 0.6) is 0 Å². The molecule has 0 aliphatic rings. The van der Waals surface area contributed by atoms with Crippen molar-refractivity contribution in [2.75, 3.05) is 0 Å². The van der Waals surface area contributed by atoms with Gasteiger partial charge in [0.05, 0.1) is 9.04 Å². The maximum atomic E-state index is 2.60. The van der Waals surface area contributed by atoms with E-state index in [4.69, 9.17) is 0 Å². The number of rotatable bonds is 14. The fourth-order valence-electron chi connectivity index (χ4n) is 12.0. The molecule has 0 N–H and O–H groups in total. The monoisotopic (exact) mass is 912 g/mol. The smallest absolute Gasteiger partial charge is 0.0689 e. The van der Waals surface area contributed by atoms with Gasteiger partial charge < -0.3 is 0 Å². The van der Waals surface area contributed by atoms with Crippen molar-refractivity contribution < 1.29 is 0 Å². The van der Waals surface area contributed by atoms with Crippen LogP contribution in [0.4, 0.5) is 0 Å². The van der Waals surface area contributed by atoms with Crippen LogP contribution in [0, 0.1) is 0 Å². The van der Waals surface area contributed by atoms with Crippen LogP contribution in [0.1, 0.15) is 0 Å². The summed E-state index contributed by atoms with van der Waals surface area (Å²) >= 11 is 0. The van der Waals surface area contributed by atoms with Gasteiger partial charge in [-0.25, -0.2) is 0 Å². The van der Waals surface area contributed by atoms with Gasteiger partial charge >= 0.3 is 0 Å². The minimum Gasteiger partial charge on any atom is -0.0689 e. The average Bonchev–Trinajstić information content (AvgIpc) is 3.41. The molecule has 0 saturated heterocycles. The summed E-state index contributed by atoms with van der Waals surface area (Å²) in [6.07, 6.45) is 0. The second kappa shape index (κ2) is 18.8. The summed E-state index contributed by atoms with van der Waals surface area (Å²) in [6.45, 7) is 0. The lowest BCUT2D eigenvalue weighted by Crippen LogP contribution is -3.09. The van der Waals surface area contributed by atoms with E-state index in [1.165, 1.54) is 41.5 Å². The summed E-state index contributed by atoms with van der Waals surface area (Å²) in [5.74, 6) is 0. The first-order chi connectivity index (χ1) is 32.3.